The van der Waals surface area contributed by atoms with E-state index >= 15 is 0 Å². The Bertz CT molecular complexity index is 635. The molecule has 1 aliphatic rings. The van der Waals surface area contributed by atoms with E-state index in [1.807, 2.05) is 10.3 Å². The van der Waals surface area contributed by atoms with Gasteiger partial charge >= 0.3 is 0 Å². The Morgan fingerprint density at radius 2 is 1.87 bits per heavy atom. The van der Waals surface area contributed by atoms with Crippen LogP contribution in [0.25, 0.3) is 0 Å². The van der Waals surface area contributed by atoms with Crippen molar-refractivity contribution in [2.45, 2.75) is 19.4 Å². The van der Waals surface area contributed by atoms with Crippen molar-refractivity contribution in [1.29, 1.82) is 0 Å². The predicted molar refractivity (Wildman–Crippen MR) is 81.4 cm³/mol. The number of amides is 2. The van der Waals surface area contributed by atoms with E-state index in [1.54, 1.807) is 10.4 Å². The number of carbonyl (C=O) groups is 2. The van der Waals surface area contributed by atoms with Gasteiger partial charge in [-0.1, -0.05) is 0 Å². The van der Waals surface area contributed by atoms with E-state index < -0.39 is 0 Å². The molecule has 3 rings (SSSR count). The number of rotatable bonds is 5. The second-order valence-corrected chi connectivity index (χ2v) is 5.97. The van der Waals surface area contributed by atoms with Crippen LogP contribution in [0.4, 0.5) is 0 Å². The van der Waals surface area contributed by atoms with Gasteiger partial charge in [0.2, 0.25) is 11.8 Å². The molecule has 0 N–H and O–H groups in total. The summed E-state index contributed by atoms with van der Waals surface area (Å²) in [7, 11) is 0. The van der Waals surface area contributed by atoms with Crippen molar-refractivity contribution in [3.63, 3.8) is 0 Å². The molecule has 9 nitrogen and oxygen atoms in total. The second-order valence-electron chi connectivity index (χ2n) is 5.25. The van der Waals surface area contributed by atoms with Gasteiger partial charge in [-0.05, 0) is 16.8 Å². The third-order valence-electron chi connectivity index (χ3n) is 3.75. The number of hydrogen-bond donors (Lipinski definition) is 0. The van der Waals surface area contributed by atoms with Crippen molar-refractivity contribution in [3.8, 4) is 0 Å². The summed E-state index contributed by atoms with van der Waals surface area (Å²) in [4.78, 5) is 32.1. The maximum absolute atomic E-state index is 12.2. The maximum Gasteiger partial charge on any atom is 0.244 e. The summed E-state index contributed by atoms with van der Waals surface area (Å²) >= 11 is 1.54. The van der Waals surface area contributed by atoms with E-state index in [0.29, 0.717) is 39.0 Å². The molecule has 0 aromatic carbocycles. The highest BCUT2D eigenvalue weighted by Gasteiger charge is 2.24. The highest BCUT2D eigenvalue weighted by molar-refractivity contribution is 7.07. The van der Waals surface area contributed by atoms with E-state index in [0.717, 1.165) is 5.69 Å². The molecule has 0 spiro atoms. The molecule has 0 atom stereocenters. The molecule has 122 valence electrons. The third kappa shape index (κ3) is 4.09. The second kappa shape index (κ2) is 7.27. The molecule has 1 aliphatic heterocycles. The summed E-state index contributed by atoms with van der Waals surface area (Å²) in [6, 6.07) is 0. The quantitative estimate of drug-likeness (QED) is 0.726. The fourth-order valence-electron chi connectivity index (χ4n) is 2.45. The molecule has 3 heterocycles. The smallest absolute Gasteiger partial charge is 0.244 e. The van der Waals surface area contributed by atoms with Crippen LogP contribution in [-0.4, -0.2) is 73.0 Å². The normalized spacial score (nSPS) is 15.0. The minimum atomic E-state index is -0.0353. The van der Waals surface area contributed by atoms with Crippen molar-refractivity contribution < 1.29 is 9.59 Å². The SMILES string of the molecule is O=C(CCc1cscn1)N1CCN(C(=O)Cn2cnnn2)CC1. The molecule has 0 radical (unpaired) electrons. The van der Waals surface area contributed by atoms with E-state index in [2.05, 4.69) is 20.5 Å². The molecule has 1 fully saturated rings. The Labute approximate surface area is 136 Å². The van der Waals surface area contributed by atoms with Crippen LogP contribution < -0.4 is 0 Å². The Balaban J connectivity index is 1.42. The Hall–Kier alpha value is -2.36. The van der Waals surface area contributed by atoms with Crippen molar-refractivity contribution in [2.75, 3.05) is 26.2 Å². The van der Waals surface area contributed by atoms with Gasteiger partial charge in [0, 0.05) is 38.0 Å². The lowest BCUT2D eigenvalue weighted by molar-refractivity contribution is -0.140. The molecule has 0 saturated carbocycles. The average Bonchev–Trinajstić information content (AvgIpc) is 3.26. The van der Waals surface area contributed by atoms with Gasteiger partial charge in [0.05, 0.1) is 11.2 Å². The molecule has 23 heavy (non-hydrogen) atoms. The molecule has 2 amide bonds. The monoisotopic (exact) mass is 335 g/mol. The first-order valence-corrected chi connectivity index (χ1v) is 8.30. The van der Waals surface area contributed by atoms with Crippen LogP contribution in [0, 0.1) is 0 Å². The van der Waals surface area contributed by atoms with Gasteiger partial charge in [0.25, 0.3) is 0 Å². The van der Waals surface area contributed by atoms with E-state index in [1.165, 1.54) is 22.3 Å². The van der Waals surface area contributed by atoms with E-state index in [9.17, 15) is 9.59 Å². The van der Waals surface area contributed by atoms with E-state index in [4.69, 9.17) is 0 Å². The van der Waals surface area contributed by atoms with Gasteiger partial charge in [-0.25, -0.2) is 9.67 Å². The molecule has 1 saturated heterocycles. The lowest BCUT2D eigenvalue weighted by atomic mass is 10.2. The van der Waals surface area contributed by atoms with Gasteiger partial charge in [0.15, 0.2) is 0 Å². The standard InChI is InChI=1S/C13H17N7O2S/c21-12(2-1-11-8-23-10-14-11)18-3-5-19(6-4-18)13(22)7-20-9-15-16-17-20/h8-10H,1-7H2. The lowest BCUT2D eigenvalue weighted by Gasteiger charge is -2.34. The van der Waals surface area contributed by atoms with Gasteiger partial charge in [-0.3, -0.25) is 9.59 Å². The highest BCUT2D eigenvalue weighted by Crippen LogP contribution is 2.09. The number of thiazole rings is 1. The van der Waals surface area contributed by atoms with Crippen LogP contribution >= 0.6 is 11.3 Å². The van der Waals surface area contributed by atoms with Crippen LogP contribution in [-0.2, 0) is 22.6 Å². The van der Waals surface area contributed by atoms with Crippen molar-refractivity contribution >= 4 is 23.2 Å². The maximum atomic E-state index is 12.2. The zero-order chi connectivity index (χ0) is 16.1. The van der Waals surface area contributed by atoms with Crippen molar-refractivity contribution in [1.82, 2.24) is 35.0 Å². The third-order valence-corrected chi connectivity index (χ3v) is 4.39. The first-order valence-electron chi connectivity index (χ1n) is 7.36. The van der Waals surface area contributed by atoms with E-state index in [-0.39, 0.29) is 18.4 Å². The predicted octanol–water partition coefficient (Wildman–Crippen LogP) is -0.567. The summed E-state index contributed by atoms with van der Waals surface area (Å²) in [6.07, 6.45) is 2.54. The summed E-state index contributed by atoms with van der Waals surface area (Å²) < 4.78 is 1.40. The summed E-state index contributed by atoms with van der Waals surface area (Å²) in [5.74, 6) is 0.0810. The Morgan fingerprint density at radius 1 is 1.13 bits per heavy atom. The molecule has 2 aromatic heterocycles. The van der Waals surface area contributed by atoms with Gasteiger partial charge in [-0.15, -0.1) is 16.4 Å². The molecule has 0 aliphatic carbocycles. The van der Waals surface area contributed by atoms with Gasteiger partial charge < -0.3 is 9.80 Å². The molecular weight excluding hydrogens is 318 g/mol. The van der Waals surface area contributed by atoms with Gasteiger partial charge in [0.1, 0.15) is 12.9 Å². The molecule has 0 bridgehead atoms. The van der Waals surface area contributed by atoms with Crippen LogP contribution in [0.2, 0.25) is 0 Å². The first-order chi connectivity index (χ1) is 11.2. The first kappa shape index (κ1) is 15.5. The van der Waals surface area contributed by atoms with Crippen LogP contribution in [0.1, 0.15) is 12.1 Å². The molecule has 10 heteroatoms. The topological polar surface area (TPSA) is 97.1 Å². The minimum absolute atomic E-state index is 0.0353. The Morgan fingerprint density at radius 3 is 2.48 bits per heavy atom. The number of aromatic nitrogens is 5. The summed E-state index contributed by atoms with van der Waals surface area (Å²) in [5, 5.41) is 12.6. The number of piperazine rings is 1. The number of nitrogens with zero attached hydrogens (tertiary/aromatic N) is 7. The zero-order valence-electron chi connectivity index (χ0n) is 12.5. The molecule has 2 aromatic rings. The van der Waals surface area contributed by atoms with Gasteiger partial charge in [-0.2, -0.15) is 0 Å². The summed E-state index contributed by atoms with van der Waals surface area (Å²) in [6.45, 7) is 2.35. The average molecular weight is 335 g/mol. The Kier molecular flexibility index (Phi) is 4.91. The lowest BCUT2D eigenvalue weighted by Crippen LogP contribution is -2.51. The fraction of sp³-hybridized carbons (Fsp3) is 0.538. The fourth-order valence-corrected chi connectivity index (χ4v) is 3.04. The number of carbonyl (C=O) groups excluding carboxylic acids is 2. The number of aryl methyl sites for hydroxylation is 1. The minimum Gasteiger partial charge on any atom is -0.339 e. The number of tetrazole rings is 1. The van der Waals surface area contributed by atoms with Crippen LogP contribution in [0.5, 0.6) is 0 Å². The van der Waals surface area contributed by atoms with Crippen LogP contribution in [0.15, 0.2) is 17.2 Å². The zero-order valence-corrected chi connectivity index (χ0v) is 13.4. The van der Waals surface area contributed by atoms with Crippen molar-refractivity contribution in [2.24, 2.45) is 0 Å². The number of hydrogen-bond acceptors (Lipinski definition) is 7. The molecule has 0 unspecified atom stereocenters. The summed E-state index contributed by atoms with van der Waals surface area (Å²) in [5.41, 5.74) is 2.73. The highest BCUT2D eigenvalue weighted by atomic mass is 32.1. The molecular formula is C13H17N7O2S. The van der Waals surface area contributed by atoms with Crippen LogP contribution in [0.3, 0.4) is 0 Å². The largest absolute Gasteiger partial charge is 0.339 e. The van der Waals surface area contributed by atoms with Crippen molar-refractivity contribution in [3.05, 3.63) is 22.9 Å².